The zero-order chi connectivity index (χ0) is 11.4. The standard InChI is InChI=1S/C11H22N2O2/c1-3-13(7-4-6-12)8-5-9-15-11-10-14-2/h3-5,7-11H2,1-2H3. The lowest BCUT2D eigenvalue weighted by molar-refractivity contribution is 0.0655. The van der Waals surface area contributed by atoms with Crippen LogP contribution in [0.25, 0.3) is 0 Å². The van der Waals surface area contributed by atoms with Gasteiger partial charge < -0.3 is 14.4 Å². The first-order chi connectivity index (χ1) is 7.35. The minimum Gasteiger partial charge on any atom is -0.382 e. The number of ether oxygens (including phenoxy) is 2. The van der Waals surface area contributed by atoms with Gasteiger partial charge in [0.25, 0.3) is 0 Å². The average Bonchev–Trinajstić information content (AvgIpc) is 2.27. The SMILES string of the molecule is CCN(CCC#N)CCCOCCOC. The van der Waals surface area contributed by atoms with E-state index in [0.29, 0.717) is 19.6 Å². The Hall–Kier alpha value is -0.630. The van der Waals surface area contributed by atoms with Crippen LogP contribution in [0.3, 0.4) is 0 Å². The summed E-state index contributed by atoms with van der Waals surface area (Å²) in [4.78, 5) is 2.27. The fraction of sp³-hybridized carbons (Fsp3) is 0.909. The van der Waals surface area contributed by atoms with Crippen LogP contribution < -0.4 is 0 Å². The van der Waals surface area contributed by atoms with Crippen molar-refractivity contribution in [2.45, 2.75) is 19.8 Å². The second-order valence-corrected chi connectivity index (χ2v) is 3.30. The fourth-order valence-electron chi connectivity index (χ4n) is 1.27. The van der Waals surface area contributed by atoms with E-state index < -0.39 is 0 Å². The highest BCUT2D eigenvalue weighted by atomic mass is 16.5. The summed E-state index contributed by atoms with van der Waals surface area (Å²) in [5, 5.41) is 8.46. The van der Waals surface area contributed by atoms with E-state index in [9.17, 15) is 0 Å². The molecule has 0 aromatic rings. The van der Waals surface area contributed by atoms with E-state index in [1.54, 1.807) is 7.11 Å². The number of methoxy groups -OCH3 is 1. The average molecular weight is 214 g/mol. The summed E-state index contributed by atoms with van der Waals surface area (Å²) >= 11 is 0. The molecular weight excluding hydrogens is 192 g/mol. The van der Waals surface area contributed by atoms with Gasteiger partial charge in [0, 0.05) is 33.2 Å². The van der Waals surface area contributed by atoms with E-state index in [-0.39, 0.29) is 0 Å². The quantitative estimate of drug-likeness (QED) is 0.514. The number of rotatable bonds is 10. The number of hydrogen-bond donors (Lipinski definition) is 0. The third kappa shape index (κ3) is 9.67. The minimum absolute atomic E-state index is 0.609. The predicted molar refractivity (Wildman–Crippen MR) is 59.7 cm³/mol. The number of nitrogens with zero attached hydrogens (tertiary/aromatic N) is 2. The van der Waals surface area contributed by atoms with Gasteiger partial charge in [-0.05, 0) is 13.0 Å². The molecule has 0 aromatic heterocycles. The summed E-state index contributed by atoms with van der Waals surface area (Å²) in [6.07, 6.45) is 1.63. The molecule has 0 saturated carbocycles. The van der Waals surface area contributed by atoms with Crippen LogP contribution in [0.1, 0.15) is 19.8 Å². The molecule has 0 N–H and O–H groups in total. The Kier molecular flexibility index (Phi) is 11.0. The molecule has 0 bridgehead atoms. The molecular formula is C11H22N2O2. The van der Waals surface area contributed by atoms with Crippen molar-refractivity contribution in [1.29, 1.82) is 5.26 Å². The molecule has 0 spiro atoms. The summed E-state index contributed by atoms with van der Waals surface area (Å²) in [6.45, 7) is 7.08. The molecule has 88 valence electrons. The summed E-state index contributed by atoms with van der Waals surface area (Å²) in [6, 6.07) is 2.16. The van der Waals surface area contributed by atoms with Gasteiger partial charge in [0.2, 0.25) is 0 Å². The van der Waals surface area contributed by atoms with Crippen LogP contribution in [0.2, 0.25) is 0 Å². The Balaban J connectivity index is 3.27. The predicted octanol–water partition coefficient (Wildman–Crippen LogP) is 1.28. The van der Waals surface area contributed by atoms with Crippen LogP contribution >= 0.6 is 0 Å². The van der Waals surface area contributed by atoms with Crippen molar-refractivity contribution in [1.82, 2.24) is 4.90 Å². The third-order valence-corrected chi connectivity index (χ3v) is 2.18. The van der Waals surface area contributed by atoms with Crippen LogP contribution in [0.5, 0.6) is 0 Å². The van der Waals surface area contributed by atoms with Gasteiger partial charge in [-0.15, -0.1) is 0 Å². The van der Waals surface area contributed by atoms with Gasteiger partial charge in [0.1, 0.15) is 0 Å². The molecule has 0 fully saturated rings. The largest absolute Gasteiger partial charge is 0.382 e. The second kappa shape index (κ2) is 11.4. The Bertz CT molecular complexity index is 168. The van der Waals surface area contributed by atoms with E-state index in [0.717, 1.165) is 32.7 Å². The molecule has 0 aromatic carbocycles. The molecule has 0 radical (unpaired) electrons. The molecule has 15 heavy (non-hydrogen) atoms. The van der Waals surface area contributed by atoms with Gasteiger partial charge in [-0.1, -0.05) is 6.92 Å². The Morgan fingerprint density at radius 2 is 2.00 bits per heavy atom. The van der Waals surface area contributed by atoms with E-state index in [1.807, 2.05) is 0 Å². The third-order valence-electron chi connectivity index (χ3n) is 2.18. The van der Waals surface area contributed by atoms with Crippen LogP contribution in [0.4, 0.5) is 0 Å². The summed E-state index contributed by atoms with van der Waals surface area (Å²) in [5.74, 6) is 0. The maximum absolute atomic E-state index is 8.46. The maximum atomic E-state index is 8.46. The van der Waals surface area contributed by atoms with E-state index in [2.05, 4.69) is 17.9 Å². The first kappa shape index (κ1) is 14.4. The number of hydrogen-bond acceptors (Lipinski definition) is 4. The van der Waals surface area contributed by atoms with Gasteiger partial charge >= 0.3 is 0 Å². The molecule has 0 heterocycles. The normalized spacial score (nSPS) is 10.5. The van der Waals surface area contributed by atoms with E-state index in [1.165, 1.54) is 0 Å². The molecule has 0 atom stereocenters. The van der Waals surface area contributed by atoms with Crippen molar-refractivity contribution >= 4 is 0 Å². The maximum Gasteiger partial charge on any atom is 0.0700 e. The van der Waals surface area contributed by atoms with Crippen LogP contribution in [0, 0.1) is 11.3 Å². The molecule has 0 aliphatic carbocycles. The molecule has 4 nitrogen and oxygen atoms in total. The van der Waals surface area contributed by atoms with Crippen molar-refractivity contribution in [2.24, 2.45) is 0 Å². The van der Waals surface area contributed by atoms with Crippen LogP contribution in [-0.4, -0.2) is 51.5 Å². The second-order valence-electron chi connectivity index (χ2n) is 3.30. The topological polar surface area (TPSA) is 45.5 Å². The molecule has 4 heteroatoms. The van der Waals surface area contributed by atoms with Crippen molar-refractivity contribution in [3.63, 3.8) is 0 Å². The van der Waals surface area contributed by atoms with Crippen LogP contribution in [0.15, 0.2) is 0 Å². The van der Waals surface area contributed by atoms with Crippen molar-refractivity contribution in [3.8, 4) is 6.07 Å². The highest BCUT2D eigenvalue weighted by Crippen LogP contribution is 1.94. The van der Waals surface area contributed by atoms with Crippen molar-refractivity contribution in [3.05, 3.63) is 0 Å². The molecule has 0 unspecified atom stereocenters. The Morgan fingerprint density at radius 3 is 2.60 bits per heavy atom. The van der Waals surface area contributed by atoms with Crippen molar-refractivity contribution in [2.75, 3.05) is 46.6 Å². The highest BCUT2D eigenvalue weighted by Gasteiger charge is 2.00. The lowest BCUT2D eigenvalue weighted by Crippen LogP contribution is -2.26. The molecule has 0 rings (SSSR count). The van der Waals surface area contributed by atoms with Gasteiger partial charge in [-0.3, -0.25) is 0 Å². The zero-order valence-corrected chi connectivity index (χ0v) is 9.87. The molecule has 0 aliphatic rings. The molecule has 0 amide bonds. The lowest BCUT2D eigenvalue weighted by atomic mass is 10.3. The van der Waals surface area contributed by atoms with E-state index in [4.69, 9.17) is 14.7 Å². The Morgan fingerprint density at radius 1 is 1.20 bits per heavy atom. The van der Waals surface area contributed by atoms with E-state index >= 15 is 0 Å². The summed E-state index contributed by atoms with van der Waals surface area (Å²) in [7, 11) is 1.67. The Labute approximate surface area is 92.8 Å². The monoisotopic (exact) mass is 214 g/mol. The lowest BCUT2D eigenvalue weighted by Gasteiger charge is -2.18. The van der Waals surface area contributed by atoms with Crippen LogP contribution in [-0.2, 0) is 9.47 Å². The summed E-state index contributed by atoms with van der Waals surface area (Å²) in [5.41, 5.74) is 0. The number of nitriles is 1. The molecule has 0 saturated heterocycles. The van der Waals surface area contributed by atoms with Gasteiger partial charge in [0.05, 0.1) is 19.3 Å². The highest BCUT2D eigenvalue weighted by molar-refractivity contribution is 4.71. The van der Waals surface area contributed by atoms with Crippen molar-refractivity contribution < 1.29 is 9.47 Å². The van der Waals surface area contributed by atoms with Gasteiger partial charge in [0.15, 0.2) is 0 Å². The minimum atomic E-state index is 0.609. The fourth-order valence-corrected chi connectivity index (χ4v) is 1.27. The molecule has 0 aliphatic heterocycles. The van der Waals surface area contributed by atoms with Gasteiger partial charge in [-0.25, -0.2) is 0 Å². The first-order valence-corrected chi connectivity index (χ1v) is 5.51. The zero-order valence-electron chi connectivity index (χ0n) is 9.87. The smallest absolute Gasteiger partial charge is 0.0700 e. The summed E-state index contributed by atoms with van der Waals surface area (Å²) < 4.78 is 10.2. The first-order valence-electron chi connectivity index (χ1n) is 5.51. The van der Waals surface area contributed by atoms with Gasteiger partial charge in [-0.2, -0.15) is 5.26 Å².